The number of nitrogens with one attached hydrogen (secondary N) is 1. The number of nitrogens with zero attached hydrogens (tertiary/aromatic N) is 3. The van der Waals surface area contributed by atoms with Crippen molar-refractivity contribution in [3.05, 3.63) is 63.4 Å². The van der Waals surface area contributed by atoms with E-state index < -0.39 is 5.97 Å². The number of piperidine rings is 1. The highest BCUT2D eigenvalue weighted by Gasteiger charge is 2.28. The molecule has 1 fully saturated rings. The first-order valence-corrected chi connectivity index (χ1v) is 11.4. The smallest absolute Gasteiger partial charge is 0.337 e. The summed E-state index contributed by atoms with van der Waals surface area (Å²) in [6.45, 7) is 10.2. The summed E-state index contributed by atoms with van der Waals surface area (Å²) in [5, 5.41) is 13.5. The normalized spacial score (nSPS) is 16.6. The van der Waals surface area contributed by atoms with E-state index in [-0.39, 0.29) is 17.2 Å². The maximum absolute atomic E-state index is 13.3. The highest BCUT2D eigenvalue weighted by molar-refractivity contribution is 5.94. The van der Waals surface area contributed by atoms with Gasteiger partial charge in [-0.25, -0.2) is 9.78 Å². The lowest BCUT2D eigenvalue weighted by Gasteiger charge is -2.38. The molecular weight excluding hydrogens is 416 g/mol. The van der Waals surface area contributed by atoms with Crippen LogP contribution in [0.1, 0.15) is 61.1 Å². The van der Waals surface area contributed by atoms with Crippen molar-refractivity contribution < 1.29 is 9.90 Å². The van der Waals surface area contributed by atoms with Crippen molar-refractivity contribution in [1.82, 2.24) is 9.55 Å². The zero-order chi connectivity index (χ0) is 23.9. The molecule has 0 aliphatic carbocycles. The topological polar surface area (TPSA) is 87.5 Å². The van der Waals surface area contributed by atoms with Gasteiger partial charge >= 0.3 is 5.97 Å². The molecule has 1 aliphatic rings. The molecule has 0 radical (unpaired) electrons. The van der Waals surface area contributed by atoms with Crippen LogP contribution in [-0.4, -0.2) is 33.7 Å². The predicted octanol–water partition coefficient (Wildman–Crippen LogP) is 4.74. The first-order valence-electron chi connectivity index (χ1n) is 11.4. The van der Waals surface area contributed by atoms with E-state index in [1.807, 2.05) is 26.0 Å². The Morgan fingerprint density at radius 3 is 2.52 bits per heavy atom. The number of anilines is 2. The maximum Gasteiger partial charge on any atom is 0.337 e. The van der Waals surface area contributed by atoms with Crippen LogP contribution in [0.15, 0.2) is 41.2 Å². The Balaban J connectivity index is 1.80. The molecule has 2 N–H and O–H groups in total. The average Bonchev–Trinajstić information content (AvgIpc) is 2.76. The monoisotopic (exact) mass is 448 g/mol. The Hall–Kier alpha value is -3.35. The summed E-state index contributed by atoms with van der Waals surface area (Å²) in [6.07, 6.45) is 2.09. The molecule has 33 heavy (non-hydrogen) atoms. The van der Waals surface area contributed by atoms with Gasteiger partial charge in [0.15, 0.2) is 0 Å². The largest absolute Gasteiger partial charge is 0.478 e. The lowest BCUT2D eigenvalue weighted by Crippen LogP contribution is -2.40. The first kappa shape index (κ1) is 22.8. The number of carboxylic acids is 1. The Kier molecular flexibility index (Phi) is 5.91. The van der Waals surface area contributed by atoms with Crippen LogP contribution < -0.4 is 15.8 Å². The molecule has 1 aromatic heterocycles. The molecule has 1 atom stereocenters. The van der Waals surface area contributed by atoms with Gasteiger partial charge in [0.2, 0.25) is 5.95 Å². The van der Waals surface area contributed by atoms with Gasteiger partial charge in [-0.2, -0.15) is 0 Å². The second kappa shape index (κ2) is 8.54. The van der Waals surface area contributed by atoms with Crippen LogP contribution in [0.5, 0.6) is 0 Å². The lowest BCUT2D eigenvalue weighted by molar-refractivity contribution is 0.0698. The van der Waals surface area contributed by atoms with E-state index in [9.17, 15) is 14.7 Å². The molecule has 1 saturated heterocycles. The third kappa shape index (κ3) is 4.45. The van der Waals surface area contributed by atoms with Crippen LogP contribution in [0.3, 0.4) is 0 Å². The van der Waals surface area contributed by atoms with Gasteiger partial charge in [0.25, 0.3) is 5.56 Å². The van der Waals surface area contributed by atoms with Crippen LogP contribution in [-0.2, 0) is 7.05 Å². The minimum absolute atomic E-state index is 0.0667. The molecule has 3 aromatic rings. The minimum atomic E-state index is -0.985. The van der Waals surface area contributed by atoms with Gasteiger partial charge in [0.05, 0.1) is 22.5 Å². The van der Waals surface area contributed by atoms with Gasteiger partial charge in [-0.15, -0.1) is 0 Å². The summed E-state index contributed by atoms with van der Waals surface area (Å²) in [4.78, 5) is 32.2. The number of rotatable bonds is 5. The first-order chi connectivity index (χ1) is 15.6. The van der Waals surface area contributed by atoms with Crippen molar-refractivity contribution in [1.29, 1.82) is 0 Å². The summed E-state index contributed by atoms with van der Waals surface area (Å²) in [7, 11) is 1.79. The van der Waals surface area contributed by atoms with Crippen LogP contribution in [0, 0.1) is 12.3 Å². The number of hydrogen-bond donors (Lipinski definition) is 2. The van der Waals surface area contributed by atoms with Crippen molar-refractivity contribution >= 4 is 28.5 Å². The van der Waals surface area contributed by atoms with Gasteiger partial charge in [0.1, 0.15) is 0 Å². The number of carboxylic acid groups (broad SMARTS) is 1. The number of fused-ring (bicyclic) bond motifs is 1. The van der Waals surface area contributed by atoms with E-state index in [0.29, 0.717) is 28.0 Å². The fourth-order valence-corrected chi connectivity index (χ4v) is 4.57. The minimum Gasteiger partial charge on any atom is -0.478 e. The molecule has 0 amide bonds. The number of aryl methyl sites for hydroxylation is 1. The molecule has 2 aromatic carbocycles. The number of para-hydroxylation sites is 1. The molecule has 0 saturated carbocycles. The number of benzene rings is 2. The van der Waals surface area contributed by atoms with Crippen molar-refractivity contribution in [3.8, 4) is 0 Å². The van der Waals surface area contributed by atoms with Crippen LogP contribution in [0.2, 0.25) is 0 Å². The summed E-state index contributed by atoms with van der Waals surface area (Å²) in [5.74, 6) is -0.298. The number of aromatic nitrogens is 2. The Bertz CT molecular complexity index is 1270. The van der Waals surface area contributed by atoms with E-state index in [1.54, 1.807) is 35.9 Å². The van der Waals surface area contributed by atoms with E-state index >= 15 is 0 Å². The van der Waals surface area contributed by atoms with Gasteiger partial charge in [0, 0.05) is 31.4 Å². The Labute approximate surface area is 194 Å². The number of carbonyl (C=O) groups is 1. The van der Waals surface area contributed by atoms with E-state index in [1.165, 1.54) is 0 Å². The third-order valence-electron chi connectivity index (χ3n) is 6.73. The van der Waals surface area contributed by atoms with Crippen LogP contribution >= 0.6 is 0 Å². The van der Waals surface area contributed by atoms with Crippen LogP contribution in [0.4, 0.5) is 11.6 Å². The quantitative estimate of drug-likeness (QED) is 0.586. The molecule has 1 aliphatic heterocycles. The van der Waals surface area contributed by atoms with Crippen molar-refractivity contribution in [2.75, 3.05) is 23.3 Å². The number of aromatic carboxylic acids is 1. The summed E-state index contributed by atoms with van der Waals surface area (Å²) < 4.78 is 1.65. The van der Waals surface area contributed by atoms with Crippen molar-refractivity contribution in [2.24, 2.45) is 12.5 Å². The molecule has 4 rings (SSSR count). The van der Waals surface area contributed by atoms with Gasteiger partial charge in [-0.3, -0.25) is 9.36 Å². The number of hydrogen-bond acceptors (Lipinski definition) is 5. The van der Waals surface area contributed by atoms with E-state index in [4.69, 9.17) is 4.98 Å². The molecular formula is C26H32N4O3. The van der Waals surface area contributed by atoms with Gasteiger partial charge < -0.3 is 15.3 Å². The molecule has 7 nitrogen and oxygen atoms in total. The lowest BCUT2D eigenvalue weighted by atomic mass is 9.83. The summed E-state index contributed by atoms with van der Waals surface area (Å²) in [6, 6.07) is 10.5. The van der Waals surface area contributed by atoms with Crippen molar-refractivity contribution in [3.63, 3.8) is 0 Å². The van der Waals surface area contributed by atoms with Crippen LogP contribution in [0.25, 0.3) is 10.9 Å². The average molecular weight is 449 g/mol. The Morgan fingerprint density at radius 1 is 1.18 bits per heavy atom. The van der Waals surface area contributed by atoms with Gasteiger partial charge in [-0.1, -0.05) is 32.0 Å². The van der Waals surface area contributed by atoms with Gasteiger partial charge in [-0.05, 0) is 55.9 Å². The predicted molar refractivity (Wildman–Crippen MR) is 132 cm³/mol. The zero-order valence-electron chi connectivity index (χ0n) is 20.0. The SMILES string of the molecule is Cc1cc([C@H](C)Nc2ccccc2C(=O)O)c2nc(N3CCC(C)(C)CC3)n(C)c(=O)c2c1. The molecule has 174 valence electrons. The maximum atomic E-state index is 13.3. The fraction of sp³-hybridized carbons (Fsp3) is 0.423. The molecule has 0 bridgehead atoms. The highest BCUT2D eigenvalue weighted by Crippen LogP contribution is 2.33. The summed E-state index contributed by atoms with van der Waals surface area (Å²) in [5.41, 5.74) is 3.48. The molecule has 0 unspecified atom stereocenters. The molecule has 7 heteroatoms. The zero-order valence-corrected chi connectivity index (χ0v) is 20.0. The highest BCUT2D eigenvalue weighted by atomic mass is 16.4. The third-order valence-corrected chi connectivity index (χ3v) is 6.73. The summed E-state index contributed by atoms with van der Waals surface area (Å²) >= 11 is 0. The van der Waals surface area contributed by atoms with E-state index in [2.05, 4.69) is 24.1 Å². The fourth-order valence-electron chi connectivity index (χ4n) is 4.57. The Morgan fingerprint density at radius 2 is 1.85 bits per heavy atom. The second-order valence-corrected chi connectivity index (χ2v) is 9.89. The second-order valence-electron chi connectivity index (χ2n) is 9.89. The molecule has 2 heterocycles. The van der Waals surface area contributed by atoms with E-state index in [0.717, 1.165) is 37.1 Å². The van der Waals surface area contributed by atoms with Crippen molar-refractivity contribution in [2.45, 2.75) is 46.6 Å². The standard InChI is InChI=1S/C26H32N4O3/c1-16-14-19(17(2)27-21-9-7-6-8-18(21)24(32)33)22-20(15-16)23(31)29(5)25(28-22)30-12-10-26(3,4)11-13-30/h6-9,14-15,17,27H,10-13H2,1-5H3,(H,32,33)/t17-/m0/s1. The molecule has 0 spiro atoms.